The molecule has 3 rings (SSSR count). The van der Waals surface area contributed by atoms with Crippen molar-refractivity contribution < 1.29 is 23.8 Å². The van der Waals surface area contributed by atoms with E-state index in [4.69, 9.17) is 14.6 Å². The highest BCUT2D eigenvalue weighted by Gasteiger charge is 2.06. The molecule has 0 saturated heterocycles. The summed E-state index contributed by atoms with van der Waals surface area (Å²) in [5.74, 6) is -0.0556. The lowest BCUT2D eigenvalue weighted by atomic mass is 10.2. The van der Waals surface area contributed by atoms with Gasteiger partial charge in [0.2, 0.25) is 0 Å². The quantitative estimate of drug-likeness (QED) is 0.313. The molecule has 0 aliphatic carbocycles. The van der Waals surface area contributed by atoms with Gasteiger partial charge in [-0.05, 0) is 87.1 Å². The van der Waals surface area contributed by atoms with Gasteiger partial charge in [-0.1, -0.05) is 0 Å². The molecule has 1 aromatic heterocycles. The van der Waals surface area contributed by atoms with Crippen LogP contribution in [-0.4, -0.2) is 33.4 Å². The average molecular weight is 499 g/mol. The van der Waals surface area contributed by atoms with Crippen molar-refractivity contribution in [2.24, 2.45) is 0 Å². The third-order valence-electron chi connectivity index (χ3n) is 5.66. The first-order valence-corrected chi connectivity index (χ1v) is 12.1. The van der Waals surface area contributed by atoms with Gasteiger partial charge in [-0.25, -0.2) is 14.0 Å². The Balaban J connectivity index is 1.34. The zero-order chi connectivity index (χ0) is 25.8. The van der Waals surface area contributed by atoms with Gasteiger partial charge < -0.3 is 19.1 Å². The summed E-state index contributed by atoms with van der Waals surface area (Å²) >= 11 is 0. The van der Waals surface area contributed by atoms with Crippen molar-refractivity contribution in [2.75, 3.05) is 13.2 Å². The number of hydrogen-bond donors (Lipinski definition) is 1. The van der Waals surface area contributed by atoms with Gasteiger partial charge in [-0.3, -0.25) is 9.36 Å². The van der Waals surface area contributed by atoms with Gasteiger partial charge in [0.1, 0.15) is 17.3 Å². The third-order valence-corrected chi connectivity index (χ3v) is 5.66. The number of benzene rings is 2. The number of ether oxygens (including phenoxy) is 2. The topological polar surface area (TPSA) is 99.8 Å². The number of carboxylic acid groups (broad SMARTS) is 1. The molecule has 0 atom stereocenters. The molecule has 0 aliphatic heterocycles. The standard InChI is InChI=1S/C27H31FN2O6/c28-22-9-13-24(14-10-22)36-19-5-1-3-16-29-18-15-25(31)30(27(29)34)17-4-2-6-20-35-23-11-7-21(8-12-23)26(32)33/h7-15,18H,1-6,16-17,19-20H2,(H,32,33). The van der Waals surface area contributed by atoms with E-state index in [9.17, 15) is 18.8 Å². The van der Waals surface area contributed by atoms with Crippen molar-refractivity contribution >= 4 is 5.97 Å². The van der Waals surface area contributed by atoms with E-state index < -0.39 is 5.97 Å². The Morgan fingerprint density at radius 2 is 1.31 bits per heavy atom. The van der Waals surface area contributed by atoms with Gasteiger partial charge in [0.15, 0.2) is 0 Å². The number of nitrogens with zero attached hydrogens (tertiary/aromatic N) is 2. The van der Waals surface area contributed by atoms with Crippen LogP contribution in [0.5, 0.6) is 11.5 Å². The predicted molar refractivity (Wildman–Crippen MR) is 133 cm³/mol. The van der Waals surface area contributed by atoms with Crippen molar-refractivity contribution in [3.63, 3.8) is 0 Å². The third kappa shape index (κ3) is 8.41. The van der Waals surface area contributed by atoms with Gasteiger partial charge >= 0.3 is 11.7 Å². The summed E-state index contributed by atoms with van der Waals surface area (Å²) in [6.45, 7) is 1.84. The molecule has 9 heteroatoms. The van der Waals surface area contributed by atoms with Gasteiger partial charge in [0, 0.05) is 25.4 Å². The minimum atomic E-state index is -0.982. The second kappa shape index (κ2) is 13.9. The Morgan fingerprint density at radius 3 is 1.89 bits per heavy atom. The summed E-state index contributed by atoms with van der Waals surface area (Å²) in [6.07, 6.45) is 6.17. The van der Waals surface area contributed by atoms with E-state index in [2.05, 4.69) is 0 Å². The van der Waals surface area contributed by atoms with E-state index in [0.717, 1.165) is 32.1 Å². The number of aromatic carboxylic acids is 1. The highest BCUT2D eigenvalue weighted by Crippen LogP contribution is 2.13. The molecule has 192 valence electrons. The van der Waals surface area contributed by atoms with Gasteiger partial charge in [-0.15, -0.1) is 0 Å². The molecule has 8 nitrogen and oxygen atoms in total. The molecule has 1 N–H and O–H groups in total. The average Bonchev–Trinajstić information content (AvgIpc) is 2.87. The fourth-order valence-corrected chi connectivity index (χ4v) is 3.65. The first-order chi connectivity index (χ1) is 17.4. The summed E-state index contributed by atoms with van der Waals surface area (Å²) < 4.78 is 26.9. The fourth-order valence-electron chi connectivity index (χ4n) is 3.65. The van der Waals surface area contributed by atoms with Crippen LogP contribution < -0.4 is 20.7 Å². The molecule has 3 aromatic rings. The number of aromatic nitrogens is 2. The molecule has 0 amide bonds. The van der Waals surface area contributed by atoms with E-state index in [1.807, 2.05) is 0 Å². The molecule has 0 bridgehead atoms. The Labute approximate surface area is 208 Å². The van der Waals surface area contributed by atoms with Crippen molar-refractivity contribution in [3.8, 4) is 11.5 Å². The molecular weight excluding hydrogens is 467 g/mol. The van der Waals surface area contributed by atoms with E-state index in [1.165, 1.54) is 34.9 Å². The minimum Gasteiger partial charge on any atom is -0.494 e. The van der Waals surface area contributed by atoms with Crippen LogP contribution in [0.3, 0.4) is 0 Å². The summed E-state index contributed by atoms with van der Waals surface area (Å²) in [5.41, 5.74) is -0.407. The van der Waals surface area contributed by atoms with Crippen LogP contribution in [0.1, 0.15) is 48.9 Å². The lowest BCUT2D eigenvalue weighted by Crippen LogP contribution is -2.39. The first kappa shape index (κ1) is 26.7. The molecule has 0 spiro atoms. The number of rotatable bonds is 15. The van der Waals surface area contributed by atoms with E-state index in [1.54, 1.807) is 35.0 Å². The van der Waals surface area contributed by atoms with Crippen molar-refractivity contribution in [1.82, 2.24) is 9.13 Å². The lowest BCUT2D eigenvalue weighted by molar-refractivity contribution is 0.0697. The molecule has 0 unspecified atom stereocenters. The maximum atomic E-state index is 12.9. The van der Waals surface area contributed by atoms with Gasteiger partial charge in [-0.2, -0.15) is 0 Å². The van der Waals surface area contributed by atoms with E-state index in [-0.39, 0.29) is 22.6 Å². The molecular formula is C27H31FN2O6. The first-order valence-electron chi connectivity index (χ1n) is 12.1. The summed E-state index contributed by atoms with van der Waals surface area (Å²) in [4.78, 5) is 35.8. The number of hydrogen-bond acceptors (Lipinski definition) is 5. The molecule has 0 radical (unpaired) electrons. The maximum Gasteiger partial charge on any atom is 0.335 e. The van der Waals surface area contributed by atoms with Crippen molar-refractivity contribution in [2.45, 2.75) is 51.6 Å². The van der Waals surface area contributed by atoms with Crippen molar-refractivity contribution in [3.05, 3.63) is 93.0 Å². The largest absolute Gasteiger partial charge is 0.494 e. The van der Waals surface area contributed by atoms with Crippen LogP contribution in [0.4, 0.5) is 4.39 Å². The number of carboxylic acids is 1. The van der Waals surface area contributed by atoms with Crippen LogP contribution in [0.2, 0.25) is 0 Å². The Hall–Kier alpha value is -3.88. The molecule has 0 saturated carbocycles. The highest BCUT2D eigenvalue weighted by molar-refractivity contribution is 5.87. The Kier molecular flexibility index (Phi) is 10.3. The van der Waals surface area contributed by atoms with Crippen LogP contribution in [0.25, 0.3) is 0 Å². The van der Waals surface area contributed by atoms with E-state index >= 15 is 0 Å². The Morgan fingerprint density at radius 1 is 0.750 bits per heavy atom. The second-order valence-corrected chi connectivity index (χ2v) is 8.38. The normalized spacial score (nSPS) is 10.8. The van der Waals surface area contributed by atoms with Crippen LogP contribution in [0, 0.1) is 5.82 Å². The predicted octanol–water partition coefficient (Wildman–Crippen LogP) is 4.35. The SMILES string of the molecule is O=C(O)c1ccc(OCCCCCn2c(=O)ccn(CCCCCOc3ccc(F)cc3)c2=O)cc1. The zero-order valence-corrected chi connectivity index (χ0v) is 20.1. The molecule has 0 aliphatic rings. The number of halogens is 1. The molecule has 36 heavy (non-hydrogen) atoms. The fraction of sp³-hybridized carbons (Fsp3) is 0.370. The van der Waals surface area contributed by atoms with Gasteiger partial charge in [0.05, 0.1) is 18.8 Å². The summed E-state index contributed by atoms with van der Waals surface area (Å²) in [5, 5.41) is 8.91. The zero-order valence-electron chi connectivity index (χ0n) is 20.1. The molecule has 1 heterocycles. The highest BCUT2D eigenvalue weighted by atomic mass is 19.1. The van der Waals surface area contributed by atoms with Gasteiger partial charge in [0.25, 0.3) is 5.56 Å². The maximum absolute atomic E-state index is 12.9. The monoisotopic (exact) mass is 498 g/mol. The molecule has 0 fully saturated rings. The van der Waals surface area contributed by atoms with E-state index in [0.29, 0.717) is 44.2 Å². The van der Waals surface area contributed by atoms with Crippen LogP contribution in [-0.2, 0) is 13.1 Å². The van der Waals surface area contributed by atoms with Crippen LogP contribution in [0.15, 0.2) is 70.4 Å². The lowest BCUT2D eigenvalue weighted by Gasteiger charge is -2.10. The van der Waals surface area contributed by atoms with Crippen molar-refractivity contribution in [1.29, 1.82) is 0 Å². The molecule has 2 aromatic carbocycles. The van der Waals surface area contributed by atoms with Crippen LogP contribution >= 0.6 is 0 Å². The Bertz CT molecular complexity index is 1220. The second-order valence-electron chi connectivity index (χ2n) is 8.38. The number of unbranched alkanes of at least 4 members (excludes halogenated alkanes) is 4. The smallest absolute Gasteiger partial charge is 0.335 e. The summed E-state index contributed by atoms with van der Waals surface area (Å²) in [6, 6.07) is 13.5. The number of carbonyl (C=O) groups is 1. The summed E-state index contributed by atoms with van der Waals surface area (Å²) in [7, 11) is 0. The minimum absolute atomic E-state index is 0.206. The number of aryl methyl sites for hydroxylation is 1.